The van der Waals surface area contributed by atoms with Crippen molar-refractivity contribution in [3.05, 3.63) is 0 Å². The minimum absolute atomic E-state index is 0.173. The van der Waals surface area contributed by atoms with Crippen molar-refractivity contribution in [2.75, 3.05) is 11.5 Å². The molecule has 0 unspecified atom stereocenters. The molecule has 1 fully saturated rings. The highest BCUT2D eigenvalue weighted by atomic mass is 32.2. The minimum Gasteiger partial charge on any atom is -0.480 e. The first-order valence-corrected chi connectivity index (χ1v) is 6.92. The standard InChI is InChI=1S/C9H17NO5S/c1-5(2)8(9(12)13)10-6-3-16(14,15)4-7(6)11/h5-8,10-11H,3-4H2,1-2H3,(H,12,13)/t6-,7+,8-/m1/s1. The van der Waals surface area contributed by atoms with E-state index in [1.165, 1.54) is 0 Å². The van der Waals surface area contributed by atoms with E-state index in [1.807, 2.05) is 0 Å². The molecule has 1 rings (SSSR count). The van der Waals surface area contributed by atoms with Crippen molar-refractivity contribution < 1.29 is 23.4 Å². The molecule has 0 saturated carbocycles. The Balaban J connectivity index is 2.70. The van der Waals surface area contributed by atoms with Crippen LogP contribution in [0.2, 0.25) is 0 Å². The number of aliphatic hydroxyl groups is 1. The lowest BCUT2D eigenvalue weighted by atomic mass is 10.0. The summed E-state index contributed by atoms with van der Waals surface area (Å²) in [6.07, 6.45) is -1.02. The summed E-state index contributed by atoms with van der Waals surface area (Å²) in [5, 5.41) is 21.1. The first kappa shape index (κ1) is 13.4. The molecule has 0 amide bonds. The molecule has 0 aliphatic carbocycles. The summed E-state index contributed by atoms with van der Waals surface area (Å²) in [7, 11) is -3.25. The van der Waals surface area contributed by atoms with Crippen molar-refractivity contribution in [1.29, 1.82) is 0 Å². The molecule has 0 bridgehead atoms. The Morgan fingerprint density at radius 3 is 2.25 bits per heavy atom. The summed E-state index contributed by atoms with van der Waals surface area (Å²) >= 11 is 0. The zero-order valence-electron chi connectivity index (χ0n) is 9.25. The first-order chi connectivity index (χ1) is 7.23. The van der Waals surface area contributed by atoms with Crippen LogP contribution in [0.25, 0.3) is 0 Å². The highest BCUT2D eigenvalue weighted by molar-refractivity contribution is 7.91. The van der Waals surface area contributed by atoms with Crippen LogP contribution in [0.4, 0.5) is 0 Å². The lowest BCUT2D eigenvalue weighted by Crippen LogP contribution is -2.50. The molecule has 16 heavy (non-hydrogen) atoms. The molecule has 0 radical (unpaired) electrons. The predicted octanol–water partition coefficient (Wildman–Crippen LogP) is -1.16. The van der Waals surface area contributed by atoms with Crippen molar-refractivity contribution in [2.24, 2.45) is 5.92 Å². The van der Waals surface area contributed by atoms with Crippen LogP contribution >= 0.6 is 0 Å². The maximum atomic E-state index is 11.2. The predicted molar refractivity (Wildman–Crippen MR) is 57.8 cm³/mol. The van der Waals surface area contributed by atoms with Crippen LogP contribution in [-0.4, -0.2) is 54.3 Å². The number of hydrogen-bond acceptors (Lipinski definition) is 5. The van der Waals surface area contributed by atoms with E-state index >= 15 is 0 Å². The Morgan fingerprint density at radius 2 is 1.94 bits per heavy atom. The van der Waals surface area contributed by atoms with Gasteiger partial charge in [0.15, 0.2) is 9.84 Å². The van der Waals surface area contributed by atoms with Gasteiger partial charge in [-0.2, -0.15) is 0 Å². The van der Waals surface area contributed by atoms with Gasteiger partial charge < -0.3 is 10.2 Å². The third kappa shape index (κ3) is 3.16. The van der Waals surface area contributed by atoms with Crippen LogP contribution in [0.1, 0.15) is 13.8 Å². The maximum absolute atomic E-state index is 11.2. The van der Waals surface area contributed by atoms with Gasteiger partial charge in [-0.25, -0.2) is 8.42 Å². The number of hydrogen-bond donors (Lipinski definition) is 3. The van der Waals surface area contributed by atoms with Gasteiger partial charge in [-0.1, -0.05) is 13.8 Å². The molecule has 0 aromatic heterocycles. The monoisotopic (exact) mass is 251 g/mol. The SMILES string of the molecule is CC(C)[C@@H](N[C@@H]1CS(=O)(=O)C[C@@H]1O)C(=O)O. The molecule has 7 heteroatoms. The van der Waals surface area contributed by atoms with Gasteiger partial charge in [0.05, 0.1) is 17.6 Å². The van der Waals surface area contributed by atoms with E-state index in [0.717, 1.165) is 0 Å². The minimum atomic E-state index is -3.25. The van der Waals surface area contributed by atoms with Gasteiger partial charge >= 0.3 is 5.97 Å². The summed E-state index contributed by atoms with van der Waals surface area (Å²) in [4.78, 5) is 10.9. The molecule has 6 nitrogen and oxygen atoms in total. The number of carbonyl (C=O) groups is 1. The number of carboxylic acids is 1. The van der Waals surface area contributed by atoms with Crippen LogP contribution in [0.5, 0.6) is 0 Å². The zero-order valence-corrected chi connectivity index (χ0v) is 10.1. The van der Waals surface area contributed by atoms with Gasteiger partial charge in [0, 0.05) is 6.04 Å². The number of aliphatic carboxylic acids is 1. The van der Waals surface area contributed by atoms with Gasteiger partial charge in [-0.05, 0) is 5.92 Å². The van der Waals surface area contributed by atoms with Crippen LogP contribution in [0.3, 0.4) is 0 Å². The second-order valence-electron chi connectivity index (χ2n) is 4.48. The molecule has 0 spiro atoms. The highest BCUT2D eigenvalue weighted by Gasteiger charge is 2.39. The van der Waals surface area contributed by atoms with Crippen molar-refractivity contribution >= 4 is 15.8 Å². The molecule has 0 aromatic rings. The van der Waals surface area contributed by atoms with Crippen molar-refractivity contribution in [3.63, 3.8) is 0 Å². The van der Waals surface area contributed by atoms with E-state index in [4.69, 9.17) is 5.11 Å². The molecular weight excluding hydrogens is 234 g/mol. The molecular formula is C9H17NO5S. The third-order valence-corrected chi connectivity index (χ3v) is 4.37. The fourth-order valence-corrected chi connectivity index (χ4v) is 3.52. The smallest absolute Gasteiger partial charge is 0.320 e. The van der Waals surface area contributed by atoms with Crippen LogP contribution in [0.15, 0.2) is 0 Å². The second kappa shape index (κ2) is 4.68. The lowest BCUT2D eigenvalue weighted by Gasteiger charge is -2.23. The fourth-order valence-electron chi connectivity index (χ4n) is 1.77. The third-order valence-electron chi connectivity index (χ3n) is 2.65. The lowest BCUT2D eigenvalue weighted by molar-refractivity contribution is -0.141. The molecule has 1 aliphatic heterocycles. The van der Waals surface area contributed by atoms with Crippen molar-refractivity contribution in [2.45, 2.75) is 32.0 Å². The Kier molecular flexibility index (Phi) is 3.92. The van der Waals surface area contributed by atoms with Gasteiger partial charge in [0.25, 0.3) is 0 Å². The van der Waals surface area contributed by atoms with E-state index in [1.54, 1.807) is 13.8 Å². The van der Waals surface area contributed by atoms with Gasteiger partial charge in [0.1, 0.15) is 6.04 Å². The Morgan fingerprint density at radius 1 is 1.38 bits per heavy atom. The van der Waals surface area contributed by atoms with E-state index in [2.05, 4.69) is 5.32 Å². The Bertz CT molecular complexity index is 364. The molecule has 3 atom stereocenters. The van der Waals surface area contributed by atoms with Gasteiger partial charge in [0.2, 0.25) is 0 Å². The normalized spacial score (nSPS) is 30.5. The Hall–Kier alpha value is -0.660. The quantitative estimate of drug-likeness (QED) is 0.582. The second-order valence-corrected chi connectivity index (χ2v) is 6.63. The molecule has 94 valence electrons. The average Bonchev–Trinajstić information content (AvgIpc) is 2.34. The van der Waals surface area contributed by atoms with Crippen LogP contribution in [-0.2, 0) is 14.6 Å². The molecule has 3 N–H and O–H groups in total. The summed E-state index contributed by atoms with van der Waals surface area (Å²) in [5.41, 5.74) is 0. The number of aliphatic hydroxyl groups excluding tert-OH is 1. The average molecular weight is 251 g/mol. The maximum Gasteiger partial charge on any atom is 0.320 e. The number of carboxylic acid groups (broad SMARTS) is 1. The summed E-state index contributed by atoms with van der Waals surface area (Å²) in [6, 6.07) is -1.53. The molecule has 0 aromatic carbocycles. The van der Waals surface area contributed by atoms with E-state index in [9.17, 15) is 18.3 Å². The summed E-state index contributed by atoms with van der Waals surface area (Å²) in [6.45, 7) is 3.45. The number of nitrogens with one attached hydrogen (secondary N) is 1. The molecule has 1 aliphatic rings. The summed E-state index contributed by atoms with van der Waals surface area (Å²) < 4.78 is 22.5. The molecule has 1 saturated heterocycles. The topological polar surface area (TPSA) is 104 Å². The van der Waals surface area contributed by atoms with E-state index in [-0.39, 0.29) is 17.4 Å². The van der Waals surface area contributed by atoms with Gasteiger partial charge in [-0.15, -0.1) is 0 Å². The largest absolute Gasteiger partial charge is 0.480 e. The highest BCUT2D eigenvalue weighted by Crippen LogP contribution is 2.14. The van der Waals surface area contributed by atoms with Crippen LogP contribution < -0.4 is 5.32 Å². The number of rotatable bonds is 4. The van der Waals surface area contributed by atoms with E-state index < -0.39 is 34.0 Å². The summed E-state index contributed by atoms with van der Waals surface area (Å²) in [5.74, 6) is -1.71. The Labute approximate surface area is 94.6 Å². The van der Waals surface area contributed by atoms with Crippen molar-refractivity contribution in [1.82, 2.24) is 5.32 Å². The zero-order chi connectivity index (χ0) is 12.5. The van der Waals surface area contributed by atoms with E-state index in [0.29, 0.717) is 0 Å². The van der Waals surface area contributed by atoms with Crippen LogP contribution in [0, 0.1) is 5.92 Å². The first-order valence-electron chi connectivity index (χ1n) is 5.10. The number of sulfone groups is 1. The van der Waals surface area contributed by atoms with Crippen molar-refractivity contribution in [3.8, 4) is 0 Å². The van der Waals surface area contributed by atoms with Gasteiger partial charge in [-0.3, -0.25) is 10.1 Å². The molecule has 1 heterocycles. The fraction of sp³-hybridized carbons (Fsp3) is 0.889.